The Morgan fingerprint density at radius 3 is 3.00 bits per heavy atom. The first-order chi connectivity index (χ1) is 7.61. The highest BCUT2D eigenvalue weighted by Crippen LogP contribution is 2.36. The van der Waals surface area contributed by atoms with Crippen LogP contribution < -0.4 is 5.32 Å². The average Bonchev–Trinajstić information content (AvgIpc) is 2.55. The molecule has 0 saturated heterocycles. The minimum Gasteiger partial charge on any atom is -0.508 e. The largest absolute Gasteiger partial charge is 0.508 e. The summed E-state index contributed by atoms with van der Waals surface area (Å²) >= 11 is 0. The highest BCUT2D eigenvalue weighted by Gasteiger charge is 2.32. The molecule has 1 aliphatic heterocycles. The van der Waals surface area contributed by atoms with Crippen molar-refractivity contribution in [3.05, 3.63) is 23.8 Å². The van der Waals surface area contributed by atoms with Crippen LogP contribution in [0.25, 0.3) is 0 Å². The van der Waals surface area contributed by atoms with Crippen molar-refractivity contribution in [2.24, 2.45) is 0 Å². The molecule has 16 heavy (non-hydrogen) atoms. The van der Waals surface area contributed by atoms with E-state index in [2.05, 4.69) is 10.1 Å². The van der Waals surface area contributed by atoms with Crippen LogP contribution in [0.15, 0.2) is 18.2 Å². The number of amides is 1. The number of phenols is 1. The molecule has 0 bridgehead atoms. The molecule has 0 aromatic heterocycles. The first kappa shape index (κ1) is 10.5. The Bertz CT molecular complexity index is 455. The van der Waals surface area contributed by atoms with Gasteiger partial charge in [0.05, 0.1) is 19.4 Å². The fourth-order valence-electron chi connectivity index (χ4n) is 1.77. The zero-order chi connectivity index (χ0) is 11.7. The molecule has 0 saturated carbocycles. The van der Waals surface area contributed by atoms with Crippen LogP contribution in [0, 0.1) is 0 Å². The van der Waals surface area contributed by atoms with Gasteiger partial charge in [-0.05, 0) is 23.8 Å². The van der Waals surface area contributed by atoms with Gasteiger partial charge in [0, 0.05) is 5.69 Å². The van der Waals surface area contributed by atoms with Gasteiger partial charge in [-0.3, -0.25) is 9.59 Å². The molecule has 0 spiro atoms. The summed E-state index contributed by atoms with van der Waals surface area (Å²) in [5.41, 5.74) is 1.27. The van der Waals surface area contributed by atoms with E-state index in [0.717, 1.165) is 0 Å². The monoisotopic (exact) mass is 221 g/mol. The molecular weight excluding hydrogens is 210 g/mol. The lowest BCUT2D eigenvalue weighted by molar-refractivity contribution is -0.142. The number of phenolic OH excluding ortho intramolecular Hbond substituents is 1. The molecule has 2 N–H and O–H groups in total. The Labute approximate surface area is 92.0 Å². The Morgan fingerprint density at radius 2 is 2.31 bits per heavy atom. The topological polar surface area (TPSA) is 75.6 Å². The van der Waals surface area contributed by atoms with Crippen molar-refractivity contribution < 1.29 is 19.4 Å². The van der Waals surface area contributed by atoms with Gasteiger partial charge in [0.1, 0.15) is 5.75 Å². The van der Waals surface area contributed by atoms with Gasteiger partial charge in [0.15, 0.2) is 0 Å². The fraction of sp³-hybridized carbons (Fsp3) is 0.273. The molecule has 1 heterocycles. The maximum absolute atomic E-state index is 11.6. The summed E-state index contributed by atoms with van der Waals surface area (Å²) in [4.78, 5) is 22.7. The molecule has 0 fully saturated rings. The lowest BCUT2D eigenvalue weighted by atomic mass is 9.97. The summed E-state index contributed by atoms with van der Waals surface area (Å²) in [7, 11) is 1.28. The molecule has 5 heteroatoms. The summed E-state index contributed by atoms with van der Waals surface area (Å²) < 4.78 is 4.52. The third-order valence-electron chi connectivity index (χ3n) is 2.58. The molecule has 1 unspecified atom stereocenters. The van der Waals surface area contributed by atoms with Crippen molar-refractivity contribution in [2.45, 2.75) is 12.3 Å². The molecule has 1 aromatic rings. The van der Waals surface area contributed by atoms with E-state index < -0.39 is 11.9 Å². The van der Waals surface area contributed by atoms with Gasteiger partial charge in [-0.25, -0.2) is 0 Å². The lowest BCUT2D eigenvalue weighted by Crippen LogP contribution is -2.16. The molecular formula is C11H11NO4. The standard InChI is InChI=1S/C11H11NO4/c1-16-10(14)5-8-7-4-6(13)2-3-9(7)12-11(8)15/h2-4,8,13H,5H2,1H3,(H,12,15). The minimum atomic E-state index is -0.574. The zero-order valence-corrected chi connectivity index (χ0v) is 8.69. The molecule has 5 nitrogen and oxygen atoms in total. The Morgan fingerprint density at radius 1 is 1.56 bits per heavy atom. The summed E-state index contributed by atoms with van der Waals surface area (Å²) in [6.07, 6.45) is -0.0151. The number of methoxy groups -OCH3 is 1. The van der Waals surface area contributed by atoms with Crippen molar-refractivity contribution in [2.75, 3.05) is 12.4 Å². The van der Waals surface area contributed by atoms with E-state index in [1.807, 2.05) is 0 Å². The number of benzene rings is 1. The van der Waals surface area contributed by atoms with E-state index in [-0.39, 0.29) is 18.1 Å². The molecule has 1 amide bonds. The second kappa shape index (κ2) is 3.84. The quantitative estimate of drug-likeness (QED) is 0.576. The first-order valence-corrected chi connectivity index (χ1v) is 4.82. The van der Waals surface area contributed by atoms with Crippen molar-refractivity contribution >= 4 is 17.6 Å². The number of fused-ring (bicyclic) bond motifs is 1. The van der Waals surface area contributed by atoms with Crippen molar-refractivity contribution in [1.82, 2.24) is 0 Å². The van der Waals surface area contributed by atoms with Crippen LogP contribution in [0.5, 0.6) is 5.75 Å². The van der Waals surface area contributed by atoms with Gasteiger partial charge in [0.25, 0.3) is 0 Å². The molecule has 0 radical (unpaired) electrons. The molecule has 1 atom stereocenters. The Hall–Kier alpha value is -2.04. The number of aromatic hydroxyl groups is 1. The Balaban J connectivity index is 2.31. The van der Waals surface area contributed by atoms with Gasteiger partial charge in [0.2, 0.25) is 5.91 Å². The number of anilines is 1. The minimum absolute atomic E-state index is 0.0151. The number of esters is 1. The van der Waals surface area contributed by atoms with Crippen molar-refractivity contribution in [3.63, 3.8) is 0 Å². The average molecular weight is 221 g/mol. The number of rotatable bonds is 2. The van der Waals surface area contributed by atoms with Crippen molar-refractivity contribution in [3.8, 4) is 5.75 Å². The predicted octanol–water partition coefficient (Wildman–Crippen LogP) is 0.991. The van der Waals surface area contributed by atoms with Crippen LogP contribution in [0.2, 0.25) is 0 Å². The maximum atomic E-state index is 11.6. The van der Waals surface area contributed by atoms with Crippen LogP contribution in [-0.4, -0.2) is 24.1 Å². The number of hydrogen-bond donors (Lipinski definition) is 2. The zero-order valence-electron chi connectivity index (χ0n) is 8.69. The lowest BCUT2D eigenvalue weighted by Gasteiger charge is -2.06. The third-order valence-corrected chi connectivity index (χ3v) is 2.58. The van der Waals surface area contributed by atoms with Gasteiger partial charge >= 0.3 is 5.97 Å². The highest BCUT2D eigenvalue weighted by atomic mass is 16.5. The van der Waals surface area contributed by atoms with Crippen LogP contribution in [-0.2, 0) is 14.3 Å². The summed E-state index contributed by atoms with van der Waals surface area (Å²) in [6.45, 7) is 0. The number of nitrogens with one attached hydrogen (secondary N) is 1. The smallest absolute Gasteiger partial charge is 0.306 e. The van der Waals surface area contributed by atoms with Crippen molar-refractivity contribution in [1.29, 1.82) is 0 Å². The van der Waals surface area contributed by atoms with Gasteiger partial charge < -0.3 is 15.2 Å². The van der Waals surface area contributed by atoms with Gasteiger partial charge in [-0.2, -0.15) is 0 Å². The predicted molar refractivity (Wildman–Crippen MR) is 56.1 cm³/mol. The third kappa shape index (κ3) is 1.71. The SMILES string of the molecule is COC(=O)CC1C(=O)Nc2ccc(O)cc21. The summed E-state index contributed by atoms with van der Waals surface area (Å²) in [6, 6.07) is 4.58. The number of carbonyl (C=O) groups excluding carboxylic acids is 2. The number of carbonyl (C=O) groups is 2. The Kier molecular flexibility index (Phi) is 2.52. The van der Waals surface area contributed by atoms with Gasteiger partial charge in [-0.15, -0.1) is 0 Å². The van der Waals surface area contributed by atoms with E-state index in [4.69, 9.17) is 0 Å². The maximum Gasteiger partial charge on any atom is 0.306 e. The van der Waals surface area contributed by atoms with Crippen LogP contribution in [0.3, 0.4) is 0 Å². The fourth-order valence-corrected chi connectivity index (χ4v) is 1.77. The molecule has 1 aliphatic rings. The second-order valence-corrected chi connectivity index (χ2v) is 3.59. The molecule has 84 valence electrons. The van der Waals surface area contributed by atoms with E-state index in [9.17, 15) is 14.7 Å². The van der Waals surface area contributed by atoms with E-state index in [1.165, 1.54) is 19.2 Å². The van der Waals surface area contributed by atoms with E-state index >= 15 is 0 Å². The first-order valence-electron chi connectivity index (χ1n) is 4.82. The molecule has 0 aliphatic carbocycles. The van der Waals surface area contributed by atoms with Crippen LogP contribution in [0.1, 0.15) is 17.9 Å². The second-order valence-electron chi connectivity index (χ2n) is 3.59. The van der Waals surface area contributed by atoms with Gasteiger partial charge in [-0.1, -0.05) is 0 Å². The van der Waals surface area contributed by atoms with Crippen LogP contribution >= 0.6 is 0 Å². The molecule has 2 rings (SSSR count). The van der Waals surface area contributed by atoms with Crippen LogP contribution in [0.4, 0.5) is 5.69 Å². The summed E-state index contributed by atoms with van der Waals surface area (Å²) in [5.74, 6) is -1.19. The molecule has 1 aromatic carbocycles. The highest BCUT2D eigenvalue weighted by molar-refractivity contribution is 6.04. The number of hydrogen-bond acceptors (Lipinski definition) is 4. The number of ether oxygens (including phenoxy) is 1. The summed E-state index contributed by atoms with van der Waals surface area (Å²) in [5, 5.41) is 12.0. The van der Waals surface area contributed by atoms with E-state index in [0.29, 0.717) is 11.3 Å². The van der Waals surface area contributed by atoms with E-state index in [1.54, 1.807) is 6.07 Å². The normalized spacial score (nSPS) is 17.8.